The maximum atomic E-state index is 12.8. The van der Waals surface area contributed by atoms with E-state index in [-0.39, 0.29) is 17.1 Å². The van der Waals surface area contributed by atoms with Crippen LogP contribution in [0.4, 0.5) is 5.82 Å². The third kappa shape index (κ3) is 3.57. The highest BCUT2D eigenvalue weighted by molar-refractivity contribution is 7.92. The molecule has 148 valence electrons. The molecular formula is C19H29N5O2S. The Morgan fingerprint density at radius 1 is 1.33 bits per heavy atom. The normalized spacial score (nSPS) is 26.6. The molecule has 2 N–H and O–H groups in total. The van der Waals surface area contributed by atoms with Crippen LogP contribution in [0.25, 0.3) is 11.0 Å². The average molecular weight is 392 g/mol. The molecule has 1 saturated heterocycles. The van der Waals surface area contributed by atoms with Gasteiger partial charge < -0.3 is 10.3 Å². The molecule has 7 nitrogen and oxygen atoms in total. The maximum Gasteiger partial charge on any atom is 0.154 e. The molecule has 1 unspecified atom stereocenters. The Bertz CT molecular complexity index is 917. The molecule has 2 aliphatic rings. The molecule has 1 aliphatic heterocycles. The van der Waals surface area contributed by atoms with E-state index in [0.717, 1.165) is 48.5 Å². The summed E-state index contributed by atoms with van der Waals surface area (Å²) in [6, 6.07) is 2.38. The van der Waals surface area contributed by atoms with E-state index in [1.165, 1.54) is 0 Å². The summed E-state index contributed by atoms with van der Waals surface area (Å²) < 4.78 is 25.6. The Labute approximate surface area is 160 Å². The number of anilines is 1. The number of likely N-dealkylation sites (tertiary alicyclic amines) is 1. The van der Waals surface area contributed by atoms with Crippen molar-refractivity contribution >= 4 is 26.7 Å². The van der Waals surface area contributed by atoms with Crippen LogP contribution in [0.2, 0.25) is 0 Å². The number of nitrogens with zero attached hydrogens (tertiary/aromatic N) is 3. The average Bonchev–Trinajstić information content (AvgIpc) is 3.26. The molecular weight excluding hydrogens is 362 g/mol. The van der Waals surface area contributed by atoms with E-state index in [0.29, 0.717) is 18.3 Å². The molecule has 2 aromatic rings. The minimum atomic E-state index is -3.03. The lowest BCUT2D eigenvalue weighted by Crippen LogP contribution is -2.36. The highest BCUT2D eigenvalue weighted by Gasteiger charge is 2.40. The van der Waals surface area contributed by atoms with Gasteiger partial charge in [0, 0.05) is 31.7 Å². The van der Waals surface area contributed by atoms with Crippen molar-refractivity contribution in [3.8, 4) is 0 Å². The zero-order valence-electron chi connectivity index (χ0n) is 16.3. The van der Waals surface area contributed by atoms with Crippen molar-refractivity contribution in [3.63, 3.8) is 0 Å². The van der Waals surface area contributed by atoms with Gasteiger partial charge in [-0.05, 0) is 51.6 Å². The molecule has 3 heterocycles. The lowest BCUT2D eigenvalue weighted by atomic mass is 9.75. The second-order valence-corrected chi connectivity index (χ2v) is 10.6. The van der Waals surface area contributed by atoms with Gasteiger partial charge in [0.2, 0.25) is 0 Å². The summed E-state index contributed by atoms with van der Waals surface area (Å²) in [5.74, 6) is 2.43. The summed E-state index contributed by atoms with van der Waals surface area (Å²) in [6.07, 6.45) is 4.35. The Kier molecular flexibility index (Phi) is 4.88. The summed E-state index contributed by atoms with van der Waals surface area (Å²) in [4.78, 5) is 14.7. The minimum absolute atomic E-state index is 0.193. The van der Waals surface area contributed by atoms with Gasteiger partial charge in [-0.25, -0.2) is 18.4 Å². The van der Waals surface area contributed by atoms with E-state index < -0.39 is 9.84 Å². The van der Waals surface area contributed by atoms with Crippen LogP contribution in [0.3, 0.4) is 0 Å². The highest BCUT2D eigenvalue weighted by atomic mass is 32.2. The first-order chi connectivity index (χ1) is 12.9. The number of aromatic amines is 1. The molecule has 2 fully saturated rings. The number of H-pyrrole nitrogens is 1. The van der Waals surface area contributed by atoms with Gasteiger partial charge in [0.05, 0.1) is 16.4 Å². The molecule has 1 aliphatic carbocycles. The zero-order chi connectivity index (χ0) is 19.2. The fourth-order valence-corrected chi connectivity index (χ4v) is 6.48. The molecule has 0 spiro atoms. The van der Waals surface area contributed by atoms with Crippen LogP contribution in [-0.2, 0) is 9.84 Å². The lowest BCUT2D eigenvalue weighted by molar-refractivity contribution is 0.273. The molecule has 8 heteroatoms. The fourth-order valence-electron chi connectivity index (χ4n) is 4.39. The van der Waals surface area contributed by atoms with E-state index >= 15 is 0 Å². The van der Waals surface area contributed by atoms with E-state index in [2.05, 4.69) is 39.0 Å². The van der Waals surface area contributed by atoms with Crippen molar-refractivity contribution in [3.05, 3.63) is 18.1 Å². The molecule has 1 saturated carbocycles. The largest absolute Gasteiger partial charge is 0.372 e. The van der Waals surface area contributed by atoms with Gasteiger partial charge in [0.1, 0.15) is 17.3 Å². The molecule has 27 heavy (non-hydrogen) atoms. The number of hydrogen-bond donors (Lipinski definition) is 2. The quantitative estimate of drug-likeness (QED) is 0.786. The molecule has 0 bridgehead atoms. The van der Waals surface area contributed by atoms with Crippen molar-refractivity contribution in [2.24, 2.45) is 5.92 Å². The second kappa shape index (κ2) is 7.05. The number of fused-ring (bicyclic) bond motifs is 1. The molecule has 1 atom stereocenters. The Morgan fingerprint density at radius 3 is 2.78 bits per heavy atom. The third-order valence-electron chi connectivity index (χ3n) is 6.15. The van der Waals surface area contributed by atoms with E-state index in [9.17, 15) is 8.42 Å². The topological polar surface area (TPSA) is 91.0 Å². The van der Waals surface area contributed by atoms with E-state index in [4.69, 9.17) is 0 Å². The summed E-state index contributed by atoms with van der Waals surface area (Å²) in [6.45, 7) is 5.85. The van der Waals surface area contributed by atoms with Crippen molar-refractivity contribution in [1.82, 2.24) is 19.9 Å². The van der Waals surface area contributed by atoms with Gasteiger partial charge in [-0.3, -0.25) is 4.90 Å². The molecule has 0 radical (unpaired) electrons. The Morgan fingerprint density at radius 2 is 2.11 bits per heavy atom. The first-order valence-corrected chi connectivity index (χ1v) is 11.6. The van der Waals surface area contributed by atoms with Crippen molar-refractivity contribution in [2.75, 3.05) is 31.2 Å². The summed E-state index contributed by atoms with van der Waals surface area (Å²) in [5.41, 5.74) is 0.833. The first-order valence-electron chi connectivity index (χ1n) is 9.85. The smallest absolute Gasteiger partial charge is 0.154 e. The monoisotopic (exact) mass is 391 g/mol. The summed E-state index contributed by atoms with van der Waals surface area (Å²) >= 11 is 0. The Balaban J connectivity index is 1.38. The number of hydrogen-bond acceptors (Lipinski definition) is 6. The summed E-state index contributed by atoms with van der Waals surface area (Å²) in [7, 11) is -1.17. The zero-order valence-corrected chi connectivity index (χ0v) is 17.1. The summed E-state index contributed by atoms with van der Waals surface area (Å²) in [5, 5.41) is 3.92. The molecule has 2 aromatic heterocycles. The van der Waals surface area contributed by atoms with Gasteiger partial charge in [-0.2, -0.15) is 0 Å². The number of rotatable bonds is 6. The maximum absolute atomic E-state index is 12.8. The van der Waals surface area contributed by atoms with Crippen LogP contribution < -0.4 is 5.32 Å². The third-order valence-corrected chi connectivity index (χ3v) is 8.49. The van der Waals surface area contributed by atoms with Crippen molar-refractivity contribution < 1.29 is 8.42 Å². The molecule has 0 amide bonds. The van der Waals surface area contributed by atoms with Crippen molar-refractivity contribution in [1.29, 1.82) is 0 Å². The predicted octanol–water partition coefficient (Wildman–Crippen LogP) is 2.39. The van der Waals surface area contributed by atoms with Crippen LogP contribution in [0.5, 0.6) is 0 Å². The molecule has 4 rings (SSSR count). The highest BCUT2D eigenvalue weighted by Crippen LogP contribution is 2.42. The predicted molar refractivity (Wildman–Crippen MR) is 108 cm³/mol. The minimum Gasteiger partial charge on any atom is -0.372 e. The van der Waals surface area contributed by atoms with Crippen LogP contribution in [0.1, 0.15) is 44.9 Å². The fraction of sp³-hybridized carbons (Fsp3) is 0.684. The van der Waals surface area contributed by atoms with Gasteiger partial charge in [0.25, 0.3) is 0 Å². The number of sulfone groups is 1. The lowest BCUT2D eigenvalue weighted by Gasteiger charge is -2.34. The SMILES string of the molecule is CNc1nc(C2CC(CS(=O)(=O)C3CCN(C(C)C)C3)C2)nc2[nH]ccc12. The molecule has 0 aromatic carbocycles. The van der Waals surface area contributed by atoms with Gasteiger partial charge in [0.15, 0.2) is 9.84 Å². The van der Waals surface area contributed by atoms with Crippen molar-refractivity contribution in [2.45, 2.75) is 50.3 Å². The van der Waals surface area contributed by atoms with Crippen LogP contribution in [0.15, 0.2) is 12.3 Å². The number of aromatic nitrogens is 3. The Hall–Kier alpha value is -1.67. The van der Waals surface area contributed by atoms with Gasteiger partial charge in [-0.15, -0.1) is 0 Å². The standard InChI is InChI=1S/C19H29N5O2S/c1-12(2)24-7-5-15(10-24)27(25,26)11-13-8-14(9-13)17-22-18(20-3)16-4-6-21-19(16)23-17/h4,6,12-15H,5,7-11H2,1-3H3,(H2,20,21,22,23). The van der Waals surface area contributed by atoms with E-state index in [1.54, 1.807) is 0 Å². The first kappa shape index (κ1) is 18.7. The van der Waals surface area contributed by atoms with Crippen LogP contribution >= 0.6 is 0 Å². The van der Waals surface area contributed by atoms with E-state index in [1.807, 2.05) is 19.3 Å². The van der Waals surface area contributed by atoms with Crippen LogP contribution in [0, 0.1) is 5.92 Å². The number of nitrogens with one attached hydrogen (secondary N) is 2. The van der Waals surface area contributed by atoms with Crippen LogP contribution in [-0.4, -0.2) is 65.5 Å². The van der Waals surface area contributed by atoms with Gasteiger partial charge >= 0.3 is 0 Å². The second-order valence-electron chi connectivity index (χ2n) is 8.28. The van der Waals surface area contributed by atoms with Gasteiger partial charge in [-0.1, -0.05) is 0 Å².